The highest BCUT2D eigenvalue weighted by Gasteiger charge is 2.52. The molecular weight excluding hydrogens is 474 g/mol. The third-order valence-electron chi connectivity index (χ3n) is 4.44. The quantitative estimate of drug-likeness (QED) is 0.413. The zero-order chi connectivity index (χ0) is 24.1. The number of aromatic nitrogens is 1. The molecule has 0 spiro atoms. The summed E-state index contributed by atoms with van der Waals surface area (Å²) in [5.41, 5.74) is -0.109. The zero-order valence-corrected chi connectivity index (χ0v) is 20.0. The van der Waals surface area contributed by atoms with Crippen molar-refractivity contribution >= 4 is 57.2 Å². The normalized spacial score (nSPS) is 24.7. The Morgan fingerprint density at radius 1 is 0.909 bits per heavy atom. The molecule has 1 aromatic carbocycles. The molecule has 2 aromatic rings. The summed E-state index contributed by atoms with van der Waals surface area (Å²) >= 11 is 2.58. The van der Waals surface area contributed by atoms with Gasteiger partial charge >= 0.3 is 23.9 Å². The summed E-state index contributed by atoms with van der Waals surface area (Å²) < 4.78 is 29.0. The van der Waals surface area contributed by atoms with Crippen molar-refractivity contribution in [2.45, 2.75) is 61.9 Å². The van der Waals surface area contributed by atoms with Crippen LogP contribution in [0.15, 0.2) is 28.6 Å². The predicted octanol–water partition coefficient (Wildman–Crippen LogP) is 2.47. The fraction of sp³-hybridized carbons (Fsp3) is 0.476. The molecular formula is C21H23NO9S2. The van der Waals surface area contributed by atoms with Crippen LogP contribution < -0.4 is 0 Å². The number of para-hydroxylation sites is 1. The van der Waals surface area contributed by atoms with E-state index in [1.807, 2.05) is 24.3 Å². The van der Waals surface area contributed by atoms with Crippen LogP contribution >= 0.6 is 23.1 Å². The number of rotatable bonds is 7. The highest BCUT2D eigenvalue weighted by Crippen LogP contribution is 2.40. The van der Waals surface area contributed by atoms with Gasteiger partial charge in [0.25, 0.3) is 0 Å². The molecule has 1 aliphatic heterocycles. The first-order chi connectivity index (χ1) is 15.6. The number of carbonyl (C=O) groups is 4. The second kappa shape index (κ2) is 10.9. The lowest BCUT2D eigenvalue weighted by Crippen LogP contribution is -2.61. The third kappa shape index (κ3) is 6.65. The maximum absolute atomic E-state index is 11.9. The molecule has 10 nitrogen and oxygen atoms in total. The lowest BCUT2D eigenvalue weighted by Gasteiger charge is -2.43. The molecule has 0 saturated carbocycles. The summed E-state index contributed by atoms with van der Waals surface area (Å²) in [4.78, 5) is 51.5. The third-order valence-corrected chi connectivity index (χ3v) is 6.71. The van der Waals surface area contributed by atoms with Crippen molar-refractivity contribution in [3.63, 3.8) is 0 Å². The van der Waals surface area contributed by atoms with E-state index >= 15 is 0 Å². The lowest BCUT2D eigenvalue weighted by atomic mass is 9.99. The minimum Gasteiger partial charge on any atom is -0.463 e. The molecule has 0 N–H and O–H groups in total. The fourth-order valence-corrected chi connectivity index (χ4v) is 5.62. The standard InChI is InChI=1S/C21H23NO9S2/c1-10(23)27-9-15-17(28-11(2)24)18(29-12(3)25)19(30-13(4)26)20(31-15)33-21-22-14-7-5-6-8-16(14)32-21/h5-8,15,17-20H,9H2,1-4H3/t15-,17+,18+,19+,20+/m0/s1. The number of nitrogens with zero attached hydrogens (tertiary/aromatic N) is 1. The summed E-state index contributed by atoms with van der Waals surface area (Å²) in [5.74, 6) is -2.56. The number of hydrogen-bond donors (Lipinski definition) is 0. The topological polar surface area (TPSA) is 127 Å². The van der Waals surface area contributed by atoms with E-state index in [2.05, 4.69) is 4.98 Å². The van der Waals surface area contributed by atoms with Gasteiger partial charge < -0.3 is 23.7 Å². The summed E-state index contributed by atoms with van der Waals surface area (Å²) in [5, 5.41) is 0. The van der Waals surface area contributed by atoms with Gasteiger partial charge in [0.1, 0.15) is 12.7 Å². The van der Waals surface area contributed by atoms with E-state index in [1.54, 1.807) is 0 Å². The van der Waals surface area contributed by atoms with Gasteiger partial charge in [-0.1, -0.05) is 23.9 Å². The second-order valence-electron chi connectivity index (χ2n) is 7.13. The maximum Gasteiger partial charge on any atom is 0.303 e. The SMILES string of the molecule is CC(=O)OC[C@@H]1O[C@H](Sc2nc3ccccc3s2)[C@H](OC(C)=O)[C@H](OC(C)=O)[C@@H]1OC(C)=O. The number of thiazole rings is 1. The molecule has 1 aromatic heterocycles. The van der Waals surface area contributed by atoms with Crippen LogP contribution in [0.4, 0.5) is 0 Å². The summed E-state index contributed by atoms with van der Waals surface area (Å²) in [6, 6.07) is 7.54. The van der Waals surface area contributed by atoms with Gasteiger partial charge in [-0.2, -0.15) is 0 Å². The Labute approximate surface area is 197 Å². The number of ether oxygens (including phenoxy) is 5. The molecule has 0 bridgehead atoms. The second-order valence-corrected chi connectivity index (χ2v) is 9.51. The van der Waals surface area contributed by atoms with Gasteiger partial charge in [0.2, 0.25) is 0 Å². The van der Waals surface area contributed by atoms with Gasteiger partial charge in [-0.15, -0.1) is 11.3 Å². The first-order valence-electron chi connectivity index (χ1n) is 9.96. The Morgan fingerprint density at radius 3 is 2.12 bits per heavy atom. The van der Waals surface area contributed by atoms with Crippen LogP contribution in [-0.2, 0) is 42.9 Å². The van der Waals surface area contributed by atoms with Gasteiger partial charge in [-0.25, -0.2) is 4.98 Å². The van der Waals surface area contributed by atoms with E-state index in [4.69, 9.17) is 23.7 Å². The van der Waals surface area contributed by atoms with E-state index in [0.29, 0.717) is 4.34 Å². The van der Waals surface area contributed by atoms with Crippen molar-refractivity contribution in [1.29, 1.82) is 0 Å². The van der Waals surface area contributed by atoms with Gasteiger partial charge in [0.05, 0.1) is 10.2 Å². The van der Waals surface area contributed by atoms with Crippen molar-refractivity contribution in [2.75, 3.05) is 6.61 Å². The molecule has 5 atom stereocenters. The Hall–Kier alpha value is -2.70. The van der Waals surface area contributed by atoms with Crippen LogP contribution in [0.5, 0.6) is 0 Å². The molecule has 1 aliphatic rings. The van der Waals surface area contributed by atoms with Crippen LogP contribution in [0, 0.1) is 0 Å². The minimum atomic E-state index is -1.20. The smallest absolute Gasteiger partial charge is 0.303 e. The van der Waals surface area contributed by atoms with Gasteiger partial charge in [0, 0.05) is 27.7 Å². The molecule has 1 fully saturated rings. The molecule has 178 valence electrons. The lowest BCUT2D eigenvalue weighted by molar-refractivity contribution is -0.237. The largest absolute Gasteiger partial charge is 0.463 e. The Kier molecular flexibility index (Phi) is 8.27. The minimum absolute atomic E-state index is 0.269. The molecule has 0 radical (unpaired) electrons. The van der Waals surface area contributed by atoms with Gasteiger partial charge in [-0.05, 0) is 12.1 Å². The Bertz CT molecular complexity index is 1010. The van der Waals surface area contributed by atoms with Crippen LogP contribution in [0.3, 0.4) is 0 Å². The summed E-state index contributed by atoms with van der Waals surface area (Å²) in [7, 11) is 0. The molecule has 2 heterocycles. The number of hydrogen-bond acceptors (Lipinski definition) is 12. The number of esters is 4. The average Bonchev–Trinajstić information content (AvgIpc) is 3.12. The highest BCUT2D eigenvalue weighted by atomic mass is 32.2. The van der Waals surface area contributed by atoms with E-state index < -0.39 is 53.7 Å². The predicted molar refractivity (Wildman–Crippen MR) is 117 cm³/mol. The number of carbonyl (C=O) groups excluding carboxylic acids is 4. The summed E-state index contributed by atoms with van der Waals surface area (Å²) in [6.07, 6.45) is -4.49. The molecule has 0 aliphatic carbocycles. The van der Waals surface area contributed by atoms with Crippen molar-refractivity contribution in [1.82, 2.24) is 4.98 Å². The van der Waals surface area contributed by atoms with Gasteiger partial charge in [-0.3, -0.25) is 19.2 Å². The maximum atomic E-state index is 11.9. The van der Waals surface area contributed by atoms with E-state index in [0.717, 1.165) is 10.2 Å². The number of fused-ring (bicyclic) bond motifs is 1. The van der Waals surface area contributed by atoms with E-state index in [9.17, 15) is 19.2 Å². The van der Waals surface area contributed by atoms with E-state index in [-0.39, 0.29) is 6.61 Å². The van der Waals surface area contributed by atoms with Gasteiger partial charge in [0.15, 0.2) is 28.1 Å². The first-order valence-corrected chi connectivity index (χ1v) is 11.7. The van der Waals surface area contributed by atoms with E-state index in [1.165, 1.54) is 50.8 Å². The monoisotopic (exact) mass is 497 g/mol. The number of thioether (sulfide) groups is 1. The summed E-state index contributed by atoms with van der Waals surface area (Å²) in [6.45, 7) is 4.52. The Balaban J connectivity index is 1.98. The zero-order valence-electron chi connectivity index (χ0n) is 18.3. The highest BCUT2D eigenvalue weighted by molar-refractivity contribution is 8.01. The van der Waals surface area contributed by atoms with Crippen LogP contribution in [0.2, 0.25) is 0 Å². The Morgan fingerprint density at radius 2 is 1.52 bits per heavy atom. The van der Waals surface area contributed by atoms with Crippen LogP contribution in [-0.4, -0.2) is 65.3 Å². The van der Waals surface area contributed by atoms with Crippen molar-refractivity contribution in [3.05, 3.63) is 24.3 Å². The molecule has 1 saturated heterocycles. The molecule has 3 rings (SSSR count). The molecule has 12 heteroatoms. The van der Waals surface area contributed by atoms with Crippen molar-refractivity contribution in [3.8, 4) is 0 Å². The van der Waals surface area contributed by atoms with Crippen LogP contribution in [0.25, 0.3) is 10.2 Å². The molecule has 0 unspecified atom stereocenters. The molecule has 33 heavy (non-hydrogen) atoms. The number of benzene rings is 1. The fourth-order valence-electron chi connectivity index (χ4n) is 3.28. The average molecular weight is 498 g/mol. The van der Waals surface area contributed by atoms with Crippen molar-refractivity contribution < 1.29 is 42.9 Å². The van der Waals surface area contributed by atoms with Crippen molar-refractivity contribution in [2.24, 2.45) is 0 Å². The molecule has 0 amide bonds. The van der Waals surface area contributed by atoms with Crippen LogP contribution in [0.1, 0.15) is 27.7 Å². The first kappa shape index (κ1) is 24.9.